The van der Waals surface area contributed by atoms with Crippen LogP contribution < -0.4 is 9.64 Å². The molecular weight excluding hydrogens is 518 g/mol. The van der Waals surface area contributed by atoms with Crippen molar-refractivity contribution in [1.82, 2.24) is 9.29 Å². The first-order valence-electron chi connectivity index (χ1n) is 12.9. The Morgan fingerprint density at radius 1 is 0.921 bits per heavy atom. The molecule has 38 heavy (non-hydrogen) atoms. The third-order valence-electron chi connectivity index (χ3n) is 6.00. The lowest BCUT2D eigenvalue weighted by Crippen LogP contribution is -2.33. The van der Waals surface area contributed by atoms with Gasteiger partial charge in [0.15, 0.2) is 5.13 Å². The largest absolute Gasteiger partial charge is 0.494 e. The van der Waals surface area contributed by atoms with E-state index in [4.69, 9.17) is 9.72 Å². The fourth-order valence-electron chi connectivity index (χ4n) is 4.18. The van der Waals surface area contributed by atoms with E-state index >= 15 is 0 Å². The maximum absolute atomic E-state index is 13.8. The summed E-state index contributed by atoms with van der Waals surface area (Å²) in [4.78, 5) is 20.4. The topological polar surface area (TPSA) is 79.8 Å². The Kier molecular flexibility index (Phi) is 9.14. The predicted molar refractivity (Wildman–Crippen MR) is 154 cm³/mol. The van der Waals surface area contributed by atoms with Crippen LogP contribution in [0.25, 0.3) is 10.2 Å². The molecule has 0 atom stereocenters. The Bertz CT molecular complexity index is 1460. The molecule has 4 rings (SSSR count). The first kappa shape index (κ1) is 27.8. The molecule has 0 bridgehead atoms. The van der Waals surface area contributed by atoms with Crippen LogP contribution in [-0.4, -0.2) is 43.3 Å². The summed E-state index contributed by atoms with van der Waals surface area (Å²) in [7, 11) is -3.63. The van der Waals surface area contributed by atoms with Crippen molar-refractivity contribution in [2.75, 3.05) is 24.6 Å². The average Bonchev–Trinajstić information content (AvgIpc) is 3.35. The molecule has 9 heteroatoms. The number of sulfonamides is 1. The number of hydrogen-bond acceptors (Lipinski definition) is 6. The summed E-state index contributed by atoms with van der Waals surface area (Å²) < 4.78 is 34.4. The van der Waals surface area contributed by atoms with E-state index in [-0.39, 0.29) is 10.8 Å². The van der Waals surface area contributed by atoms with Crippen LogP contribution in [0, 0.1) is 0 Å². The van der Waals surface area contributed by atoms with Crippen molar-refractivity contribution >= 4 is 42.6 Å². The Morgan fingerprint density at radius 2 is 1.61 bits per heavy atom. The van der Waals surface area contributed by atoms with Gasteiger partial charge in [0, 0.05) is 18.7 Å². The molecule has 0 saturated carbocycles. The summed E-state index contributed by atoms with van der Waals surface area (Å²) in [5.41, 5.74) is 2.14. The maximum atomic E-state index is 13.8. The quantitative estimate of drug-likeness (QED) is 0.205. The molecule has 0 unspecified atom stereocenters. The van der Waals surface area contributed by atoms with Crippen LogP contribution in [0.1, 0.15) is 49.5 Å². The fourth-order valence-corrected chi connectivity index (χ4v) is 6.80. The van der Waals surface area contributed by atoms with Crippen molar-refractivity contribution in [2.45, 2.75) is 45.1 Å². The van der Waals surface area contributed by atoms with Crippen LogP contribution in [-0.2, 0) is 16.6 Å². The minimum Gasteiger partial charge on any atom is -0.494 e. The van der Waals surface area contributed by atoms with E-state index in [0.717, 1.165) is 34.4 Å². The molecule has 7 nitrogen and oxygen atoms in total. The molecule has 0 aliphatic heterocycles. The lowest BCUT2D eigenvalue weighted by molar-refractivity contribution is 0.0985. The maximum Gasteiger partial charge on any atom is 0.260 e. The number of anilines is 1. The van der Waals surface area contributed by atoms with E-state index in [0.29, 0.717) is 36.9 Å². The minimum atomic E-state index is -3.63. The zero-order valence-electron chi connectivity index (χ0n) is 22.0. The van der Waals surface area contributed by atoms with Crippen LogP contribution in [0.5, 0.6) is 5.75 Å². The van der Waals surface area contributed by atoms with Crippen molar-refractivity contribution in [3.05, 3.63) is 83.9 Å². The Morgan fingerprint density at radius 3 is 2.24 bits per heavy atom. The smallest absolute Gasteiger partial charge is 0.260 e. The van der Waals surface area contributed by atoms with Gasteiger partial charge in [0.2, 0.25) is 10.0 Å². The summed E-state index contributed by atoms with van der Waals surface area (Å²) >= 11 is 1.42. The zero-order valence-corrected chi connectivity index (χ0v) is 23.6. The van der Waals surface area contributed by atoms with Crippen LogP contribution in [0.4, 0.5) is 5.13 Å². The summed E-state index contributed by atoms with van der Waals surface area (Å²) in [6.07, 6.45) is 1.47. The van der Waals surface area contributed by atoms with Gasteiger partial charge in [0.1, 0.15) is 5.75 Å². The predicted octanol–water partition coefficient (Wildman–Crippen LogP) is 6.35. The van der Waals surface area contributed by atoms with E-state index in [1.165, 1.54) is 27.8 Å². The van der Waals surface area contributed by atoms with Crippen molar-refractivity contribution in [1.29, 1.82) is 0 Å². The normalized spacial score (nSPS) is 11.7. The van der Waals surface area contributed by atoms with Crippen molar-refractivity contribution < 1.29 is 17.9 Å². The van der Waals surface area contributed by atoms with Gasteiger partial charge in [0.25, 0.3) is 5.91 Å². The molecule has 0 saturated heterocycles. The SMILES string of the molecule is CCCN(CCC)S(=O)(=O)c1ccc(C(=O)N(Cc2ccccc2)c2nc3ccc(OCC)cc3s2)cc1. The Labute approximate surface area is 228 Å². The summed E-state index contributed by atoms with van der Waals surface area (Å²) in [5.74, 6) is 0.508. The molecule has 1 aromatic heterocycles. The van der Waals surface area contributed by atoms with Gasteiger partial charge < -0.3 is 4.74 Å². The van der Waals surface area contributed by atoms with Crippen LogP contribution in [0.3, 0.4) is 0 Å². The Balaban J connectivity index is 1.67. The standard InChI is InChI=1S/C29H33N3O4S2/c1-4-18-31(19-5-2)38(34,35)25-15-12-23(13-16-25)28(33)32(21-22-10-8-7-9-11-22)29-30-26-17-14-24(36-6-3)20-27(26)37-29/h7-17,20H,4-6,18-19,21H2,1-3H3. The number of thiazole rings is 1. The van der Waals surface area contributed by atoms with E-state index in [2.05, 4.69) is 0 Å². The van der Waals surface area contributed by atoms with Crippen molar-refractivity contribution in [2.24, 2.45) is 0 Å². The van der Waals surface area contributed by atoms with E-state index in [1.54, 1.807) is 17.0 Å². The Hall–Kier alpha value is -3.27. The molecule has 0 aliphatic carbocycles. The molecule has 0 radical (unpaired) electrons. The van der Waals surface area contributed by atoms with E-state index < -0.39 is 10.0 Å². The van der Waals surface area contributed by atoms with Gasteiger partial charge in [-0.1, -0.05) is 55.5 Å². The number of carbonyl (C=O) groups excluding carboxylic acids is 1. The second-order valence-corrected chi connectivity index (χ2v) is 11.8. The molecule has 1 amide bonds. The summed E-state index contributed by atoms with van der Waals surface area (Å²) in [6, 6.07) is 21.6. The molecule has 200 valence electrons. The third kappa shape index (κ3) is 6.23. The van der Waals surface area contributed by atoms with Crippen LogP contribution in [0.2, 0.25) is 0 Å². The monoisotopic (exact) mass is 551 g/mol. The molecule has 0 fully saturated rings. The van der Waals surface area contributed by atoms with E-state index in [1.807, 2.05) is 69.3 Å². The highest BCUT2D eigenvalue weighted by molar-refractivity contribution is 7.89. The van der Waals surface area contributed by atoms with Gasteiger partial charge in [-0.2, -0.15) is 4.31 Å². The van der Waals surface area contributed by atoms with Crippen LogP contribution >= 0.6 is 11.3 Å². The highest BCUT2D eigenvalue weighted by Gasteiger charge is 2.25. The molecule has 3 aromatic carbocycles. The second-order valence-electron chi connectivity index (χ2n) is 8.86. The average molecular weight is 552 g/mol. The fraction of sp³-hybridized carbons (Fsp3) is 0.310. The number of amides is 1. The van der Waals surface area contributed by atoms with Gasteiger partial charge in [-0.15, -0.1) is 0 Å². The minimum absolute atomic E-state index is 0.189. The number of benzene rings is 3. The second kappa shape index (κ2) is 12.5. The van der Waals surface area contributed by atoms with Crippen LogP contribution in [0.15, 0.2) is 77.7 Å². The lowest BCUT2D eigenvalue weighted by atomic mass is 10.1. The summed E-state index contributed by atoms with van der Waals surface area (Å²) in [5, 5.41) is 0.566. The van der Waals surface area contributed by atoms with Gasteiger partial charge in [-0.25, -0.2) is 13.4 Å². The number of hydrogen-bond donors (Lipinski definition) is 0. The molecule has 0 N–H and O–H groups in total. The number of nitrogens with zero attached hydrogens (tertiary/aromatic N) is 3. The first-order valence-corrected chi connectivity index (χ1v) is 15.1. The highest BCUT2D eigenvalue weighted by atomic mass is 32.2. The van der Waals surface area contributed by atoms with Crippen molar-refractivity contribution in [3.8, 4) is 5.75 Å². The number of rotatable bonds is 12. The third-order valence-corrected chi connectivity index (χ3v) is 8.96. The van der Waals surface area contributed by atoms with Gasteiger partial charge >= 0.3 is 0 Å². The molecule has 1 heterocycles. The van der Waals surface area contributed by atoms with Crippen molar-refractivity contribution in [3.63, 3.8) is 0 Å². The number of fused-ring (bicyclic) bond motifs is 1. The van der Waals surface area contributed by atoms with Gasteiger partial charge in [-0.3, -0.25) is 9.69 Å². The number of carbonyl (C=O) groups is 1. The van der Waals surface area contributed by atoms with E-state index in [9.17, 15) is 13.2 Å². The molecular formula is C29H33N3O4S2. The first-order chi connectivity index (χ1) is 18.4. The van der Waals surface area contributed by atoms with Gasteiger partial charge in [0.05, 0.1) is 28.3 Å². The van der Waals surface area contributed by atoms with Gasteiger partial charge in [-0.05, 0) is 67.8 Å². The number of ether oxygens (including phenoxy) is 1. The zero-order chi connectivity index (χ0) is 27.1. The molecule has 4 aromatic rings. The summed E-state index contributed by atoms with van der Waals surface area (Å²) in [6.45, 7) is 7.68. The number of aromatic nitrogens is 1. The molecule has 0 aliphatic rings. The highest BCUT2D eigenvalue weighted by Crippen LogP contribution is 2.33. The lowest BCUT2D eigenvalue weighted by Gasteiger charge is -2.22. The molecule has 0 spiro atoms.